The predicted molar refractivity (Wildman–Crippen MR) is 139 cm³/mol. The van der Waals surface area contributed by atoms with Crippen LogP contribution in [0.4, 0.5) is 26.4 Å². The molecule has 0 radical (unpaired) electrons. The summed E-state index contributed by atoms with van der Waals surface area (Å²) in [5.41, 5.74) is 11.6. The number of hydrogen-bond acceptors (Lipinski definition) is 6. The van der Waals surface area contributed by atoms with E-state index in [1.165, 1.54) is 12.4 Å². The van der Waals surface area contributed by atoms with E-state index in [4.69, 9.17) is 5.73 Å². The monoisotopic (exact) mass is 488 g/mol. The molecule has 186 valence electrons. The molecule has 0 aliphatic carbocycles. The lowest BCUT2D eigenvalue weighted by atomic mass is 10.0. The largest absolute Gasteiger partial charge is 0.382 e. The van der Waals surface area contributed by atoms with Crippen LogP contribution in [0.2, 0.25) is 0 Å². The lowest BCUT2D eigenvalue weighted by molar-refractivity contribution is 0.148. The van der Waals surface area contributed by atoms with Gasteiger partial charge in [-0.2, -0.15) is 5.10 Å². The second-order valence-electron chi connectivity index (χ2n) is 9.19. The number of amides is 2. The Kier molecular flexibility index (Phi) is 6.53. The third kappa shape index (κ3) is 5.00. The molecule has 36 heavy (non-hydrogen) atoms. The minimum atomic E-state index is -0.519. The molecule has 0 saturated carbocycles. The Morgan fingerprint density at radius 1 is 1.08 bits per heavy atom. The summed E-state index contributed by atoms with van der Waals surface area (Å²) in [5, 5.41) is 9.69. The van der Waals surface area contributed by atoms with Gasteiger partial charge in [-0.1, -0.05) is 18.2 Å². The average molecular weight is 489 g/mol. The molecule has 1 aliphatic heterocycles. The number of likely N-dealkylation sites (N-methyl/N-ethyl adjacent to an activating group) is 1. The number of benzene rings is 2. The highest BCUT2D eigenvalue weighted by molar-refractivity contribution is 6.00. The highest BCUT2D eigenvalue weighted by atomic mass is 19.1. The van der Waals surface area contributed by atoms with Crippen LogP contribution in [0.1, 0.15) is 11.1 Å². The van der Waals surface area contributed by atoms with Crippen molar-refractivity contribution in [3.63, 3.8) is 0 Å². The fourth-order valence-electron chi connectivity index (χ4n) is 4.51. The molecule has 9 nitrogen and oxygen atoms in total. The molecule has 1 aliphatic rings. The van der Waals surface area contributed by atoms with Crippen LogP contribution in [0.3, 0.4) is 0 Å². The summed E-state index contributed by atoms with van der Waals surface area (Å²) < 4.78 is 15.8. The smallest absolute Gasteiger partial charge is 0.323 e. The van der Waals surface area contributed by atoms with E-state index in [0.29, 0.717) is 11.5 Å². The van der Waals surface area contributed by atoms with Crippen molar-refractivity contribution in [1.29, 1.82) is 0 Å². The maximum atomic E-state index is 14.0. The molecule has 4 aromatic rings. The van der Waals surface area contributed by atoms with Crippen molar-refractivity contribution >= 4 is 28.7 Å². The van der Waals surface area contributed by atoms with Crippen LogP contribution in [-0.2, 0) is 6.54 Å². The van der Waals surface area contributed by atoms with Gasteiger partial charge in [-0.05, 0) is 54.9 Å². The molecular formula is C26H29FN8O. The number of rotatable bonds is 5. The third-order valence-electron chi connectivity index (χ3n) is 6.47. The minimum absolute atomic E-state index is 0.133. The number of halogens is 1. The SMILES string of the molecule is Cc1ccc(F)c(NC(=O)Nc2ccc(-c3c(CN4CCN(C)CC4)cn4ncnc(N)c34)cc2)c1. The lowest BCUT2D eigenvalue weighted by Crippen LogP contribution is -2.43. The summed E-state index contributed by atoms with van der Waals surface area (Å²) >= 11 is 0. The van der Waals surface area contributed by atoms with Crippen molar-refractivity contribution in [2.24, 2.45) is 0 Å². The molecule has 4 N–H and O–H groups in total. The Hall–Kier alpha value is -4.02. The number of nitrogen functional groups attached to an aromatic ring is 1. The molecule has 2 amide bonds. The first-order valence-corrected chi connectivity index (χ1v) is 11.8. The number of aromatic nitrogens is 3. The molecule has 1 saturated heterocycles. The summed E-state index contributed by atoms with van der Waals surface area (Å²) in [6.07, 6.45) is 3.46. The number of nitrogens with zero attached hydrogens (tertiary/aromatic N) is 5. The Labute approximate surface area is 208 Å². The number of anilines is 3. The summed E-state index contributed by atoms with van der Waals surface area (Å²) in [6, 6.07) is 11.5. The normalized spacial score (nSPS) is 14.8. The third-order valence-corrected chi connectivity index (χ3v) is 6.47. The number of carbonyl (C=O) groups excluding carboxylic acids is 1. The van der Waals surface area contributed by atoms with E-state index in [2.05, 4.69) is 37.6 Å². The molecule has 3 heterocycles. The summed E-state index contributed by atoms with van der Waals surface area (Å²) in [4.78, 5) is 21.4. The number of nitrogens with two attached hydrogens (primary N) is 1. The van der Waals surface area contributed by atoms with Crippen molar-refractivity contribution < 1.29 is 9.18 Å². The Morgan fingerprint density at radius 2 is 1.83 bits per heavy atom. The summed E-state index contributed by atoms with van der Waals surface area (Å²) in [5.74, 6) is -0.0780. The van der Waals surface area contributed by atoms with Crippen molar-refractivity contribution in [2.75, 3.05) is 49.6 Å². The molecule has 0 spiro atoms. The van der Waals surface area contributed by atoms with Crippen LogP contribution in [0.5, 0.6) is 0 Å². The first-order valence-electron chi connectivity index (χ1n) is 11.8. The zero-order chi connectivity index (χ0) is 25.2. The predicted octanol–water partition coefficient (Wildman–Crippen LogP) is 3.82. The maximum absolute atomic E-state index is 14.0. The van der Waals surface area contributed by atoms with Gasteiger partial charge in [-0.25, -0.2) is 18.7 Å². The van der Waals surface area contributed by atoms with E-state index in [1.807, 2.05) is 37.4 Å². The summed E-state index contributed by atoms with van der Waals surface area (Å²) in [7, 11) is 2.14. The minimum Gasteiger partial charge on any atom is -0.382 e. The van der Waals surface area contributed by atoms with Gasteiger partial charge in [0, 0.05) is 50.2 Å². The van der Waals surface area contributed by atoms with Gasteiger partial charge in [0.2, 0.25) is 0 Å². The van der Waals surface area contributed by atoms with Crippen molar-refractivity contribution in [3.8, 4) is 11.1 Å². The molecule has 0 unspecified atom stereocenters. The molecule has 10 heteroatoms. The van der Waals surface area contributed by atoms with Gasteiger partial charge in [0.1, 0.15) is 17.7 Å². The van der Waals surface area contributed by atoms with E-state index < -0.39 is 11.8 Å². The summed E-state index contributed by atoms with van der Waals surface area (Å²) in [6.45, 7) is 6.64. The molecule has 1 fully saturated rings. The van der Waals surface area contributed by atoms with Gasteiger partial charge in [0.25, 0.3) is 0 Å². The molecule has 0 bridgehead atoms. The quantitative estimate of drug-likeness (QED) is 0.395. The second-order valence-corrected chi connectivity index (χ2v) is 9.19. The van der Waals surface area contributed by atoms with Gasteiger partial charge >= 0.3 is 6.03 Å². The van der Waals surface area contributed by atoms with E-state index in [1.54, 1.807) is 16.6 Å². The zero-order valence-corrected chi connectivity index (χ0v) is 20.3. The molecule has 2 aromatic carbocycles. The number of piperazine rings is 1. The van der Waals surface area contributed by atoms with Gasteiger partial charge < -0.3 is 21.3 Å². The average Bonchev–Trinajstić information content (AvgIpc) is 3.22. The maximum Gasteiger partial charge on any atom is 0.323 e. The van der Waals surface area contributed by atoms with Crippen LogP contribution < -0.4 is 16.4 Å². The van der Waals surface area contributed by atoms with Gasteiger partial charge in [-0.3, -0.25) is 4.90 Å². The molecule has 2 aromatic heterocycles. The van der Waals surface area contributed by atoms with Crippen LogP contribution in [0.25, 0.3) is 16.6 Å². The van der Waals surface area contributed by atoms with Crippen LogP contribution in [-0.4, -0.2) is 63.7 Å². The van der Waals surface area contributed by atoms with Crippen molar-refractivity contribution in [3.05, 3.63) is 71.9 Å². The highest BCUT2D eigenvalue weighted by Gasteiger charge is 2.21. The van der Waals surface area contributed by atoms with E-state index in [0.717, 1.165) is 60.5 Å². The van der Waals surface area contributed by atoms with Gasteiger partial charge in [0.15, 0.2) is 5.82 Å². The number of aryl methyl sites for hydroxylation is 1. The number of fused-ring (bicyclic) bond motifs is 1. The number of carbonyl (C=O) groups is 1. The highest BCUT2D eigenvalue weighted by Crippen LogP contribution is 2.34. The second kappa shape index (κ2) is 9.92. The lowest BCUT2D eigenvalue weighted by Gasteiger charge is -2.32. The van der Waals surface area contributed by atoms with Crippen molar-refractivity contribution in [2.45, 2.75) is 13.5 Å². The zero-order valence-electron chi connectivity index (χ0n) is 20.3. The van der Waals surface area contributed by atoms with E-state index in [-0.39, 0.29) is 5.69 Å². The molecular weight excluding hydrogens is 459 g/mol. The topological polar surface area (TPSA) is 104 Å². The van der Waals surface area contributed by atoms with E-state index >= 15 is 0 Å². The van der Waals surface area contributed by atoms with Crippen LogP contribution >= 0.6 is 0 Å². The van der Waals surface area contributed by atoms with Crippen LogP contribution in [0, 0.1) is 12.7 Å². The number of urea groups is 1. The fourth-order valence-corrected chi connectivity index (χ4v) is 4.51. The fraction of sp³-hybridized carbons (Fsp3) is 0.269. The Balaban J connectivity index is 1.39. The number of nitrogens with one attached hydrogen (secondary N) is 2. The van der Waals surface area contributed by atoms with Crippen LogP contribution in [0.15, 0.2) is 55.0 Å². The Bertz CT molecular complexity index is 1390. The molecule has 5 rings (SSSR count). The van der Waals surface area contributed by atoms with Gasteiger partial charge in [0.05, 0.1) is 5.69 Å². The molecule has 0 atom stereocenters. The van der Waals surface area contributed by atoms with Gasteiger partial charge in [-0.15, -0.1) is 0 Å². The first-order chi connectivity index (χ1) is 17.4. The first kappa shape index (κ1) is 23.7. The number of hydrogen-bond donors (Lipinski definition) is 3. The van der Waals surface area contributed by atoms with Crippen molar-refractivity contribution in [1.82, 2.24) is 24.4 Å². The standard InChI is InChI=1S/C26H29FN8O/c1-17-3-8-21(27)22(13-17)32-26(36)31-20-6-4-18(5-7-20)23-19(14-34-11-9-33(2)10-12-34)15-35-24(23)25(28)29-16-30-35/h3-8,13,15-16H,9-12,14H2,1-2H3,(H2,28,29,30)(H2,31,32,36). The van der Waals surface area contributed by atoms with E-state index in [9.17, 15) is 9.18 Å². The Morgan fingerprint density at radius 3 is 2.58 bits per heavy atom.